The van der Waals surface area contributed by atoms with Crippen LogP contribution in [0.4, 0.5) is 5.69 Å². The van der Waals surface area contributed by atoms with Crippen molar-refractivity contribution in [3.63, 3.8) is 0 Å². The van der Waals surface area contributed by atoms with Crippen molar-refractivity contribution in [3.05, 3.63) is 18.2 Å². The fraction of sp³-hybridized carbons (Fsp3) is 0.500. The van der Waals surface area contributed by atoms with Gasteiger partial charge >= 0.3 is 11.8 Å². The van der Waals surface area contributed by atoms with Gasteiger partial charge in [-0.3, -0.25) is 9.59 Å². The maximum Gasteiger partial charge on any atom is 0.313 e. The molecule has 10 heteroatoms. The summed E-state index contributed by atoms with van der Waals surface area (Å²) in [7, 11) is -1.71. The highest BCUT2D eigenvalue weighted by Gasteiger charge is 2.36. The number of sulfone groups is 1. The highest BCUT2D eigenvalue weighted by Crippen LogP contribution is 2.34. The van der Waals surface area contributed by atoms with E-state index >= 15 is 0 Å². The van der Waals surface area contributed by atoms with Crippen LogP contribution in [0.2, 0.25) is 0 Å². The van der Waals surface area contributed by atoms with Crippen molar-refractivity contribution in [1.82, 2.24) is 4.90 Å². The van der Waals surface area contributed by atoms with E-state index in [2.05, 4.69) is 5.32 Å². The largest absolute Gasteiger partial charge is 0.454 e. The SMILES string of the molecule is COCCN(C(=O)C(=O)Nc1ccc2c(c1)OCO2)C1CCS(=O)(=O)C1. The molecule has 2 amide bonds. The summed E-state index contributed by atoms with van der Waals surface area (Å²) < 4.78 is 38.8. The van der Waals surface area contributed by atoms with Crippen LogP contribution in [0.15, 0.2) is 18.2 Å². The van der Waals surface area contributed by atoms with Crippen LogP contribution in [-0.4, -0.2) is 69.7 Å². The third-order valence-electron chi connectivity index (χ3n) is 4.27. The van der Waals surface area contributed by atoms with E-state index in [1.54, 1.807) is 18.2 Å². The van der Waals surface area contributed by atoms with E-state index in [1.807, 2.05) is 0 Å². The zero-order chi connectivity index (χ0) is 18.7. The molecule has 0 bridgehead atoms. The first-order valence-electron chi connectivity index (χ1n) is 8.10. The lowest BCUT2D eigenvalue weighted by Crippen LogP contribution is -2.47. The van der Waals surface area contributed by atoms with Gasteiger partial charge in [0.1, 0.15) is 0 Å². The molecule has 1 N–H and O–H groups in total. The number of hydrogen-bond donors (Lipinski definition) is 1. The van der Waals surface area contributed by atoms with Crippen LogP contribution in [0.25, 0.3) is 0 Å². The summed E-state index contributed by atoms with van der Waals surface area (Å²) in [5.74, 6) is -0.718. The van der Waals surface area contributed by atoms with Crippen LogP contribution in [0.3, 0.4) is 0 Å². The number of rotatable bonds is 5. The van der Waals surface area contributed by atoms with Crippen LogP contribution in [0, 0.1) is 0 Å². The molecule has 0 saturated carbocycles. The monoisotopic (exact) mass is 384 g/mol. The standard InChI is InChI=1S/C16H20N2O7S/c1-23-6-5-18(12-4-7-26(21,22)9-12)16(20)15(19)17-11-2-3-13-14(8-11)25-10-24-13/h2-3,8,12H,4-7,9-10H2,1H3,(H,17,19). The van der Waals surface area contributed by atoms with Gasteiger partial charge in [-0.05, 0) is 18.6 Å². The number of fused-ring (bicyclic) bond motifs is 1. The Morgan fingerprint density at radius 1 is 1.31 bits per heavy atom. The summed E-state index contributed by atoms with van der Waals surface area (Å²) in [6.07, 6.45) is 0.315. The average Bonchev–Trinajstić information content (AvgIpc) is 3.20. The predicted molar refractivity (Wildman–Crippen MR) is 91.8 cm³/mol. The second kappa shape index (κ2) is 7.50. The lowest BCUT2D eigenvalue weighted by atomic mass is 10.2. The first-order valence-corrected chi connectivity index (χ1v) is 9.93. The maximum absolute atomic E-state index is 12.6. The molecule has 0 radical (unpaired) electrons. The van der Waals surface area contributed by atoms with E-state index in [4.69, 9.17) is 14.2 Å². The molecule has 0 aliphatic carbocycles. The smallest absolute Gasteiger partial charge is 0.313 e. The van der Waals surface area contributed by atoms with E-state index in [-0.39, 0.29) is 31.5 Å². The maximum atomic E-state index is 12.6. The summed E-state index contributed by atoms with van der Waals surface area (Å²) in [4.78, 5) is 26.2. The van der Waals surface area contributed by atoms with Gasteiger partial charge in [0.05, 0.1) is 18.1 Å². The van der Waals surface area contributed by atoms with Crippen molar-refractivity contribution in [2.24, 2.45) is 0 Å². The number of anilines is 1. The second-order valence-corrected chi connectivity index (χ2v) is 8.30. The molecule has 142 valence electrons. The van der Waals surface area contributed by atoms with Gasteiger partial charge in [0.2, 0.25) is 6.79 Å². The minimum absolute atomic E-state index is 0.0121. The number of methoxy groups -OCH3 is 1. The molecule has 0 aromatic heterocycles. The molecule has 26 heavy (non-hydrogen) atoms. The minimum atomic E-state index is -3.19. The summed E-state index contributed by atoms with van der Waals surface area (Å²) >= 11 is 0. The van der Waals surface area contributed by atoms with E-state index in [1.165, 1.54) is 12.0 Å². The highest BCUT2D eigenvalue weighted by molar-refractivity contribution is 7.91. The van der Waals surface area contributed by atoms with E-state index in [9.17, 15) is 18.0 Å². The molecule has 1 atom stereocenters. The number of amides is 2. The summed E-state index contributed by atoms with van der Waals surface area (Å²) in [5.41, 5.74) is 0.387. The molecular weight excluding hydrogens is 364 g/mol. The van der Waals surface area contributed by atoms with Gasteiger partial charge in [0.15, 0.2) is 21.3 Å². The highest BCUT2D eigenvalue weighted by atomic mass is 32.2. The Labute approximate surface area is 151 Å². The van der Waals surface area contributed by atoms with Gasteiger partial charge in [0, 0.05) is 31.5 Å². The lowest BCUT2D eigenvalue weighted by Gasteiger charge is -2.27. The second-order valence-electron chi connectivity index (χ2n) is 6.07. The molecule has 1 saturated heterocycles. The molecule has 2 heterocycles. The van der Waals surface area contributed by atoms with Crippen LogP contribution in [0.1, 0.15) is 6.42 Å². The van der Waals surface area contributed by atoms with Gasteiger partial charge in [-0.25, -0.2) is 8.42 Å². The molecule has 1 aromatic carbocycles. The molecule has 0 spiro atoms. The van der Waals surface area contributed by atoms with Gasteiger partial charge < -0.3 is 24.4 Å². The quantitative estimate of drug-likeness (QED) is 0.712. The summed E-state index contributed by atoms with van der Waals surface area (Å²) in [6.45, 7) is 0.455. The molecule has 1 aromatic rings. The van der Waals surface area contributed by atoms with Crippen LogP contribution < -0.4 is 14.8 Å². The molecule has 9 nitrogen and oxygen atoms in total. The Kier molecular flexibility index (Phi) is 5.33. The number of hydrogen-bond acceptors (Lipinski definition) is 7. The Balaban J connectivity index is 1.70. The van der Waals surface area contributed by atoms with Crippen LogP contribution in [0.5, 0.6) is 11.5 Å². The van der Waals surface area contributed by atoms with Crippen molar-refractivity contribution in [2.45, 2.75) is 12.5 Å². The predicted octanol–water partition coefficient (Wildman–Crippen LogP) is 0.0159. The van der Waals surface area contributed by atoms with Crippen molar-refractivity contribution in [3.8, 4) is 11.5 Å². The lowest BCUT2D eigenvalue weighted by molar-refractivity contribution is -0.144. The van der Waals surface area contributed by atoms with Crippen LogP contribution in [-0.2, 0) is 24.2 Å². The van der Waals surface area contributed by atoms with Gasteiger partial charge in [-0.1, -0.05) is 0 Å². The van der Waals surface area contributed by atoms with Gasteiger partial charge in [0.25, 0.3) is 0 Å². The summed E-state index contributed by atoms with van der Waals surface area (Å²) in [5, 5.41) is 2.52. The van der Waals surface area contributed by atoms with Crippen molar-refractivity contribution in [1.29, 1.82) is 0 Å². The molecule has 1 unspecified atom stereocenters. The molecule has 2 aliphatic rings. The number of nitrogens with zero attached hydrogens (tertiary/aromatic N) is 1. The topological polar surface area (TPSA) is 111 Å². The molecule has 2 aliphatic heterocycles. The van der Waals surface area contributed by atoms with Crippen LogP contribution >= 0.6 is 0 Å². The average molecular weight is 384 g/mol. The minimum Gasteiger partial charge on any atom is -0.454 e. The number of carbonyl (C=O) groups excluding carboxylic acids is 2. The first-order chi connectivity index (χ1) is 12.4. The molecule has 3 rings (SSSR count). The van der Waals surface area contributed by atoms with E-state index in [0.29, 0.717) is 23.6 Å². The Morgan fingerprint density at radius 2 is 2.08 bits per heavy atom. The fourth-order valence-electron chi connectivity index (χ4n) is 2.95. The van der Waals surface area contributed by atoms with E-state index in [0.717, 1.165) is 0 Å². The van der Waals surface area contributed by atoms with E-state index < -0.39 is 27.7 Å². The first kappa shape index (κ1) is 18.5. The third kappa shape index (κ3) is 4.07. The zero-order valence-corrected chi connectivity index (χ0v) is 15.1. The molecular formula is C16H20N2O7S. The van der Waals surface area contributed by atoms with Crippen molar-refractivity contribution in [2.75, 3.05) is 43.9 Å². The fourth-order valence-corrected chi connectivity index (χ4v) is 4.68. The number of ether oxygens (including phenoxy) is 3. The summed E-state index contributed by atoms with van der Waals surface area (Å²) in [6, 6.07) is 4.27. The van der Waals surface area contributed by atoms with Gasteiger partial charge in [-0.2, -0.15) is 0 Å². The number of carbonyl (C=O) groups is 2. The molecule has 1 fully saturated rings. The third-order valence-corrected chi connectivity index (χ3v) is 6.02. The normalized spacial score (nSPS) is 20.0. The van der Waals surface area contributed by atoms with Crippen molar-refractivity contribution < 1.29 is 32.2 Å². The zero-order valence-electron chi connectivity index (χ0n) is 14.3. The Hall–Kier alpha value is -2.33. The Bertz CT molecular complexity index is 809. The Morgan fingerprint density at radius 3 is 2.77 bits per heavy atom. The number of nitrogens with one attached hydrogen (secondary N) is 1. The number of benzene rings is 1. The van der Waals surface area contributed by atoms with Gasteiger partial charge in [-0.15, -0.1) is 0 Å². The van der Waals surface area contributed by atoms with Crippen molar-refractivity contribution >= 4 is 27.3 Å².